The zero-order valence-electron chi connectivity index (χ0n) is 22.1. The molecule has 9 atom stereocenters. The zero-order chi connectivity index (χ0) is 23.4. The highest BCUT2D eigenvalue weighted by Crippen LogP contribution is 2.75. The maximum Gasteiger partial charge on any atom is 0.0618 e. The highest BCUT2D eigenvalue weighted by molar-refractivity contribution is 5.33. The second kappa shape index (κ2) is 6.87. The van der Waals surface area contributed by atoms with Gasteiger partial charge in [-0.3, -0.25) is 0 Å². The van der Waals surface area contributed by atoms with Gasteiger partial charge >= 0.3 is 0 Å². The van der Waals surface area contributed by atoms with Crippen molar-refractivity contribution >= 4 is 0 Å². The average molecular weight is 443 g/mol. The number of hydrogen-bond acceptors (Lipinski definition) is 2. The molecule has 0 saturated heterocycles. The Hall–Kier alpha value is -0.340. The van der Waals surface area contributed by atoms with Crippen LogP contribution < -0.4 is 0 Å². The average Bonchev–Trinajstić information content (AvgIpc) is 2.73. The van der Waals surface area contributed by atoms with Crippen molar-refractivity contribution in [2.75, 3.05) is 6.61 Å². The van der Waals surface area contributed by atoms with Gasteiger partial charge in [-0.2, -0.15) is 0 Å². The van der Waals surface area contributed by atoms with Gasteiger partial charge in [0.1, 0.15) is 0 Å². The van der Waals surface area contributed by atoms with Crippen LogP contribution in [0.5, 0.6) is 0 Å². The van der Waals surface area contributed by atoms with Gasteiger partial charge in [-0.1, -0.05) is 60.1 Å². The second-order valence-corrected chi connectivity index (χ2v) is 15.1. The third-order valence-electron chi connectivity index (χ3n) is 13.2. The van der Waals surface area contributed by atoms with Crippen LogP contribution in [0.1, 0.15) is 113 Å². The zero-order valence-corrected chi connectivity index (χ0v) is 22.1. The lowest BCUT2D eigenvalue weighted by atomic mass is 9.33. The highest BCUT2D eigenvalue weighted by Gasteiger charge is 2.68. The van der Waals surface area contributed by atoms with Crippen LogP contribution in [-0.4, -0.2) is 22.9 Å². The summed E-state index contributed by atoms with van der Waals surface area (Å²) in [4.78, 5) is 0. The quantitative estimate of drug-likeness (QED) is 0.424. The van der Waals surface area contributed by atoms with E-state index in [1.165, 1.54) is 44.9 Å². The molecule has 0 aromatic carbocycles. The fraction of sp³-hybridized carbons (Fsp3) is 0.933. The standard InChI is InChI=1S/C30H50O2/c1-25(2)14-15-26(3)16-17-29(6)20(21(26)18-25)8-9-23-27(4)12-11-24(32)28(5,19-31)22(27)10-13-30(23,29)7/h8,21-24,31-32H,9-19H2,1-7H3/t21-,22+,23+,24?,26+,27-,28+,29+,30+/m0/s1. The number of rotatable bonds is 1. The predicted octanol–water partition coefficient (Wildman–Crippen LogP) is 7.14. The Morgan fingerprint density at radius 3 is 2.22 bits per heavy atom. The highest BCUT2D eigenvalue weighted by atomic mass is 16.3. The van der Waals surface area contributed by atoms with Crippen LogP contribution in [0.25, 0.3) is 0 Å². The summed E-state index contributed by atoms with van der Waals surface area (Å²) < 4.78 is 0. The fourth-order valence-corrected chi connectivity index (χ4v) is 10.5. The first-order valence-corrected chi connectivity index (χ1v) is 13.8. The molecule has 0 bridgehead atoms. The number of fused-ring (bicyclic) bond motifs is 7. The topological polar surface area (TPSA) is 40.5 Å². The maximum atomic E-state index is 10.9. The monoisotopic (exact) mass is 442 g/mol. The van der Waals surface area contributed by atoms with Crippen molar-refractivity contribution in [3.8, 4) is 0 Å². The van der Waals surface area contributed by atoms with E-state index in [1.807, 2.05) is 5.57 Å². The second-order valence-electron chi connectivity index (χ2n) is 15.1. The molecule has 2 nitrogen and oxygen atoms in total. The van der Waals surface area contributed by atoms with Gasteiger partial charge in [0, 0.05) is 5.41 Å². The third-order valence-corrected chi connectivity index (χ3v) is 13.2. The van der Waals surface area contributed by atoms with E-state index in [4.69, 9.17) is 0 Å². The summed E-state index contributed by atoms with van der Waals surface area (Å²) in [6, 6.07) is 0. The molecule has 4 saturated carbocycles. The molecule has 0 aliphatic heterocycles. The molecule has 0 radical (unpaired) electrons. The van der Waals surface area contributed by atoms with Gasteiger partial charge in [-0.15, -0.1) is 0 Å². The first kappa shape index (κ1) is 23.4. The summed E-state index contributed by atoms with van der Waals surface area (Å²) in [5.41, 5.74) is 3.28. The lowest BCUT2D eigenvalue weighted by Gasteiger charge is -2.71. The molecule has 4 fully saturated rings. The largest absolute Gasteiger partial charge is 0.396 e. The SMILES string of the molecule is CC1(C)CC[C@]2(C)CC[C@]3(C)C(=CC[C@@H]4[C@@]5(C)CCC(O)[C@](C)(CO)[C@@H]5CC[C@]43C)[C@@H]2C1. The Labute approximate surface area is 197 Å². The van der Waals surface area contributed by atoms with Crippen molar-refractivity contribution in [3.05, 3.63) is 11.6 Å². The van der Waals surface area contributed by atoms with E-state index in [-0.39, 0.29) is 23.5 Å². The maximum absolute atomic E-state index is 10.9. The molecule has 0 heterocycles. The minimum absolute atomic E-state index is 0.117. The molecule has 32 heavy (non-hydrogen) atoms. The summed E-state index contributed by atoms with van der Waals surface area (Å²) in [6.07, 6.45) is 14.8. The molecule has 5 aliphatic rings. The van der Waals surface area contributed by atoms with Crippen LogP contribution in [0.3, 0.4) is 0 Å². The molecule has 1 unspecified atom stereocenters. The van der Waals surface area contributed by atoms with Crippen molar-refractivity contribution in [1.29, 1.82) is 0 Å². The number of hydrogen-bond donors (Lipinski definition) is 2. The van der Waals surface area contributed by atoms with Crippen LogP contribution in [0, 0.1) is 50.2 Å². The number of aliphatic hydroxyl groups is 2. The molecule has 0 aromatic heterocycles. The Morgan fingerprint density at radius 2 is 1.53 bits per heavy atom. The Balaban J connectivity index is 1.57. The minimum atomic E-state index is -0.361. The van der Waals surface area contributed by atoms with Gasteiger partial charge in [-0.25, -0.2) is 0 Å². The summed E-state index contributed by atoms with van der Waals surface area (Å²) >= 11 is 0. The molecule has 5 rings (SSSR count). The Morgan fingerprint density at radius 1 is 0.844 bits per heavy atom. The van der Waals surface area contributed by atoms with Crippen LogP contribution >= 0.6 is 0 Å². The summed E-state index contributed by atoms with van der Waals surface area (Å²) in [5, 5.41) is 21.3. The van der Waals surface area contributed by atoms with Crippen LogP contribution in [0.4, 0.5) is 0 Å². The summed E-state index contributed by atoms with van der Waals surface area (Å²) in [5.74, 6) is 1.83. The summed E-state index contributed by atoms with van der Waals surface area (Å²) in [7, 11) is 0. The van der Waals surface area contributed by atoms with Crippen molar-refractivity contribution in [2.45, 2.75) is 119 Å². The smallest absolute Gasteiger partial charge is 0.0618 e. The molecule has 182 valence electrons. The van der Waals surface area contributed by atoms with E-state index in [2.05, 4.69) is 54.5 Å². The van der Waals surface area contributed by atoms with Gasteiger partial charge in [0.25, 0.3) is 0 Å². The van der Waals surface area contributed by atoms with E-state index >= 15 is 0 Å². The van der Waals surface area contributed by atoms with Crippen molar-refractivity contribution in [2.24, 2.45) is 50.2 Å². The molecule has 2 N–H and O–H groups in total. The molecule has 0 amide bonds. The predicted molar refractivity (Wildman–Crippen MR) is 132 cm³/mol. The minimum Gasteiger partial charge on any atom is -0.396 e. The van der Waals surface area contributed by atoms with Crippen molar-refractivity contribution < 1.29 is 10.2 Å². The number of aliphatic hydroxyl groups excluding tert-OH is 2. The molecule has 2 heteroatoms. The van der Waals surface area contributed by atoms with Gasteiger partial charge in [0.05, 0.1) is 12.7 Å². The number of allylic oxidation sites excluding steroid dienone is 2. The van der Waals surface area contributed by atoms with Gasteiger partial charge in [-0.05, 0) is 109 Å². The Kier molecular flexibility index (Phi) is 5.02. The molecule has 0 spiro atoms. The van der Waals surface area contributed by atoms with Gasteiger partial charge < -0.3 is 10.2 Å². The molecule has 5 aliphatic carbocycles. The lowest BCUT2D eigenvalue weighted by molar-refractivity contribution is -0.215. The van der Waals surface area contributed by atoms with Crippen molar-refractivity contribution in [1.82, 2.24) is 0 Å². The van der Waals surface area contributed by atoms with E-state index in [9.17, 15) is 10.2 Å². The van der Waals surface area contributed by atoms with Crippen LogP contribution in [-0.2, 0) is 0 Å². The van der Waals surface area contributed by atoms with Gasteiger partial charge in [0.15, 0.2) is 0 Å². The first-order valence-electron chi connectivity index (χ1n) is 13.8. The molecular formula is C30H50O2. The van der Waals surface area contributed by atoms with Crippen LogP contribution in [0.2, 0.25) is 0 Å². The summed E-state index contributed by atoms with van der Waals surface area (Å²) in [6.45, 7) is 17.7. The fourth-order valence-electron chi connectivity index (χ4n) is 10.5. The molecule has 0 aromatic rings. The third kappa shape index (κ3) is 2.78. The Bertz CT molecular complexity index is 814. The molecular weight excluding hydrogens is 392 g/mol. The normalized spacial score (nSPS) is 56.8. The van der Waals surface area contributed by atoms with Crippen molar-refractivity contribution in [3.63, 3.8) is 0 Å². The lowest BCUT2D eigenvalue weighted by Crippen LogP contribution is -2.65. The van der Waals surface area contributed by atoms with Crippen LogP contribution in [0.15, 0.2) is 11.6 Å². The van der Waals surface area contributed by atoms with E-state index in [1.54, 1.807) is 0 Å². The van der Waals surface area contributed by atoms with E-state index in [0.29, 0.717) is 33.5 Å². The van der Waals surface area contributed by atoms with Gasteiger partial charge in [0.2, 0.25) is 0 Å². The van der Waals surface area contributed by atoms with E-state index < -0.39 is 0 Å². The first-order chi connectivity index (χ1) is 14.8. The van der Waals surface area contributed by atoms with E-state index in [0.717, 1.165) is 25.2 Å².